The Hall–Kier alpha value is -2.56. The van der Waals surface area contributed by atoms with Crippen LogP contribution in [0.15, 0.2) is 65.7 Å². The molecule has 0 unspecified atom stereocenters. The molecule has 0 aliphatic carbocycles. The molecule has 0 radical (unpaired) electrons. The van der Waals surface area contributed by atoms with Gasteiger partial charge in [0.15, 0.2) is 5.76 Å². The van der Waals surface area contributed by atoms with Crippen molar-refractivity contribution in [3.63, 3.8) is 0 Å². The second-order valence-corrected chi connectivity index (χ2v) is 6.95. The van der Waals surface area contributed by atoms with Crippen molar-refractivity contribution in [3.8, 4) is 11.5 Å². The fourth-order valence-electron chi connectivity index (χ4n) is 2.55. The first-order valence-corrected chi connectivity index (χ1v) is 8.94. The summed E-state index contributed by atoms with van der Waals surface area (Å²) in [5, 5.41) is 2.63. The first-order valence-electron chi connectivity index (χ1n) is 7.68. The molecule has 1 aliphatic heterocycles. The Kier molecular flexibility index (Phi) is 4.30. The largest absolute Gasteiger partial charge is 0.489 e. The quantitative estimate of drug-likeness (QED) is 0.562. The van der Waals surface area contributed by atoms with E-state index < -0.39 is 0 Å². The highest BCUT2D eigenvalue weighted by molar-refractivity contribution is 7.10. The van der Waals surface area contributed by atoms with Crippen LogP contribution >= 0.6 is 22.9 Å². The monoisotopic (exact) mass is 368 g/mol. The van der Waals surface area contributed by atoms with Crippen LogP contribution in [-0.4, -0.2) is 5.78 Å². The SMILES string of the molecule is O=C1/C(=C/c2cccs2)Oc2cc(OCc3cccc(Cl)c3)ccc21. The number of fused-ring (bicyclic) bond motifs is 1. The van der Waals surface area contributed by atoms with E-state index >= 15 is 0 Å². The van der Waals surface area contributed by atoms with Crippen LogP contribution in [0.2, 0.25) is 5.02 Å². The van der Waals surface area contributed by atoms with Crippen molar-refractivity contribution in [1.29, 1.82) is 0 Å². The molecule has 0 bridgehead atoms. The highest BCUT2D eigenvalue weighted by Crippen LogP contribution is 2.35. The number of rotatable bonds is 4. The van der Waals surface area contributed by atoms with Gasteiger partial charge >= 0.3 is 0 Å². The van der Waals surface area contributed by atoms with Crippen LogP contribution in [0.5, 0.6) is 11.5 Å². The molecule has 124 valence electrons. The lowest BCUT2D eigenvalue weighted by molar-refractivity contribution is 0.101. The fourth-order valence-corrected chi connectivity index (χ4v) is 3.41. The Morgan fingerprint density at radius 3 is 2.84 bits per heavy atom. The van der Waals surface area contributed by atoms with Crippen LogP contribution in [-0.2, 0) is 6.61 Å². The van der Waals surface area contributed by atoms with Crippen LogP contribution in [0.3, 0.4) is 0 Å². The molecule has 3 aromatic rings. The molecule has 25 heavy (non-hydrogen) atoms. The molecule has 0 atom stereocenters. The van der Waals surface area contributed by atoms with Crippen molar-refractivity contribution in [2.45, 2.75) is 6.61 Å². The summed E-state index contributed by atoms with van der Waals surface area (Å²) in [6.45, 7) is 0.394. The van der Waals surface area contributed by atoms with E-state index in [9.17, 15) is 4.79 Å². The molecule has 0 spiro atoms. The predicted octanol–water partition coefficient (Wildman–Crippen LogP) is 5.60. The summed E-state index contributed by atoms with van der Waals surface area (Å²) < 4.78 is 11.5. The van der Waals surface area contributed by atoms with Crippen LogP contribution in [0.4, 0.5) is 0 Å². The summed E-state index contributed by atoms with van der Waals surface area (Å²) in [6, 6.07) is 16.6. The number of thiophene rings is 1. The Labute approximate surface area is 154 Å². The number of ether oxygens (including phenoxy) is 2. The van der Waals surface area contributed by atoms with Crippen LogP contribution < -0.4 is 9.47 Å². The molecule has 2 heterocycles. The lowest BCUT2D eigenvalue weighted by Crippen LogP contribution is -1.97. The van der Waals surface area contributed by atoms with E-state index in [0.717, 1.165) is 10.4 Å². The topological polar surface area (TPSA) is 35.5 Å². The smallest absolute Gasteiger partial charge is 0.232 e. The first kappa shape index (κ1) is 15.9. The van der Waals surface area contributed by atoms with Crippen molar-refractivity contribution in [2.24, 2.45) is 0 Å². The molecule has 0 N–H and O–H groups in total. The predicted molar refractivity (Wildman–Crippen MR) is 99.5 cm³/mol. The van der Waals surface area contributed by atoms with Gasteiger partial charge in [0.05, 0.1) is 5.56 Å². The number of hydrogen-bond acceptors (Lipinski definition) is 4. The van der Waals surface area contributed by atoms with Gasteiger partial charge in [-0.3, -0.25) is 4.79 Å². The molecular formula is C20H13ClO3S. The Bertz CT molecular complexity index is 961. The lowest BCUT2D eigenvalue weighted by atomic mass is 10.1. The average Bonchev–Trinajstić information content (AvgIpc) is 3.22. The zero-order valence-corrected chi connectivity index (χ0v) is 14.6. The second kappa shape index (κ2) is 6.75. The van der Waals surface area contributed by atoms with Gasteiger partial charge < -0.3 is 9.47 Å². The third kappa shape index (κ3) is 3.45. The number of ketones is 1. The summed E-state index contributed by atoms with van der Waals surface area (Å²) >= 11 is 7.53. The normalized spacial score (nSPS) is 14.4. The first-order chi connectivity index (χ1) is 12.2. The molecule has 0 saturated heterocycles. The van der Waals surface area contributed by atoms with Crippen LogP contribution in [0.1, 0.15) is 20.8 Å². The molecule has 1 aliphatic rings. The number of halogens is 1. The Morgan fingerprint density at radius 1 is 1.12 bits per heavy atom. The molecule has 3 nitrogen and oxygen atoms in total. The van der Waals surface area contributed by atoms with Crippen LogP contribution in [0.25, 0.3) is 6.08 Å². The summed E-state index contributed by atoms with van der Waals surface area (Å²) in [6.07, 6.45) is 1.76. The third-order valence-electron chi connectivity index (χ3n) is 3.75. The number of benzene rings is 2. The van der Waals surface area contributed by atoms with E-state index in [-0.39, 0.29) is 5.78 Å². The lowest BCUT2D eigenvalue weighted by Gasteiger charge is -2.07. The molecule has 0 saturated carbocycles. The van der Waals surface area contributed by atoms with Crippen molar-refractivity contribution in [3.05, 3.63) is 86.8 Å². The number of Topliss-reactive ketones (excluding diaryl/α,β-unsaturated/α-hetero) is 1. The molecule has 1 aromatic heterocycles. The van der Waals surface area contributed by atoms with Gasteiger partial charge in [0, 0.05) is 22.0 Å². The number of hydrogen-bond donors (Lipinski definition) is 0. The van der Waals surface area contributed by atoms with Crippen molar-refractivity contribution in [2.75, 3.05) is 0 Å². The highest BCUT2D eigenvalue weighted by atomic mass is 35.5. The van der Waals surface area contributed by atoms with E-state index in [1.165, 1.54) is 0 Å². The summed E-state index contributed by atoms with van der Waals surface area (Å²) in [7, 11) is 0. The van der Waals surface area contributed by atoms with Crippen molar-refractivity contribution in [1.82, 2.24) is 0 Å². The van der Waals surface area contributed by atoms with E-state index in [2.05, 4.69) is 0 Å². The van der Waals surface area contributed by atoms with Gasteiger partial charge in [0.2, 0.25) is 5.78 Å². The van der Waals surface area contributed by atoms with E-state index in [4.69, 9.17) is 21.1 Å². The minimum absolute atomic E-state index is 0.107. The molecule has 2 aromatic carbocycles. The van der Waals surface area contributed by atoms with Gasteiger partial charge in [-0.25, -0.2) is 0 Å². The fraction of sp³-hybridized carbons (Fsp3) is 0.0500. The molecule has 5 heteroatoms. The molecule has 4 rings (SSSR count). The zero-order chi connectivity index (χ0) is 17.2. The maximum absolute atomic E-state index is 12.4. The van der Waals surface area contributed by atoms with E-state index in [1.54, 1.807) is 35.6 Å². The minimum atomic E-state index is -0.107. The third-order valence-corrected chi connectivity index (χ3v) is 4.81. The number of carbonyl (C=O) groups is 1. The van der Waals surface area contributed by atoms with Gasteiger partial charge in [-0.2, -0.15) is 0 Å². The zero-order valence-electron chi connectivity index (χ0n) is 13.1. The summed E-state index contributed by atoms with van der Waals surface area (Å²) in [5.74, 6) is 1.40. The Morgan fingerprint density at radius 2 is 2.04 bits per heavy atom. The molecular weight excluding hydrogens is 356 g/mol. The van der Waals surface area contributed by atoms with Crippen LogP contribution in [0, 0.1) is 0 Å². The average molecular weight is 369 g/mol. The van der Waals surface area contributed by atoms with Gasteiger partial charge in [0.25, 0.3) is 0 Å². The molecule has 0 fully saturated rings. The highest BCUT2D eigenvalue weighted by Gasteiger charge is 2.27. The Balaban J connectivity index is 1.51. The van der Waals surface area contributed by atoms with Gasteiger partial charge in [-0.1, -0.05) is 29.8 Å². The standard InChI is InChI=1S/C20H13ClO3S/c21-14-4-1-3-13(9-14)12-23-15-6-7-17-18(10-15)24-19(20(17)22)11-16-5-2-8-25-16/h1-11H,12H2/b19-11-. The number of allylic oxidation sites excluding steroid dienone is 1. The van der Waals surface area contributed by atoms with E-state index in [0.29, 0.717) is 34.5 Å². The summed E-state index contributed by atoms with van der Waals surface area (Å²) in [4.78, 5) is 13.4. The van der Waals surface area contributed by atoms with Crippen molar-refractivity contribution < 1.29 is 14.3 Å². The second-order valence-electron chi connectivity index (χ2n) is 5.53. The number of carbonyl (C=O) groups excluding carboxylic acids is 1. The van der Waals surface area contributed by atoms with Crippen molar-refractivity contribution >= 4 is 34.8 Å². The van der Waals surface area contributed by atoms with Gasteiger partial charge in [0.1, 0.15) is 18.1 Å². The van der Waals surface area contributed by atoms with Gasteiger partial charge in [-0.15, -0.1) is 11.3 Å². The summed E-state index contributed by atoms with van der Waals surface area (Å²) in [5.41, 5.74) is 1.53. The molecule has 0 amide bonds. The maximum atomic E-state index is 12.4. The maximum Gasteiger partial charge on any atom is 0.232 e. The minimum Gasteiger partial charge on any atom is -0.489 e. The van der Waals surface area contributed by atoms with Gasteiger partial charge in [-0.05, 0) is 41.3 Å². The van der Waals surface area contributed by atoms with E-state index in [1.807, 2.05) is 41.8 Å².